The molecule has 1 saturated heterocycles. The van der Waals surface area contributed by atoms with Gasteiger partial charge in [-0.15, -0.1) is 5.10 Å². The molecule has 0 bridgehead atoms. The Morgan fingerprint density at radius 1 is 1.46 bits per heavy atom. The molecule has 1 aliphatic rings. The summed E-state index contributed by atoms with van der Waals surface area (Å²) < 4.78 is 6.55. The van der Waals surface area contributed by atoms with Crippen molar-refractivity contribution in [2.75, 3.05) is 13.1 Å². The van der Waals surface area contributed by atoms with Gasteiger partial charge in [0.1, 0.15) is 12.1 Å². The fourth-order valence-electron chi connectivity index (χ4n) is 2.85. The number of carbonyl (C=O) groups is 2. The highest BCUT2D eigenvalue weighted by Gasteiger charge is 2.38. The Bertz CT molecular complexity index is 767. The molecule has 1 unspecified atom stereocenters. The van der Waals surface area contributed by atoms with Gasteiger partial charge in [0, 0.05) is 26.2 Å². The molecule has 0 saturated carbocycles. The van der Waals surface area contributed by atoms with Crippen LogP contribution in [-0.4, -0.2) is 55.3 Å². The van der Waals surface area contributed by atoms with Crippen LogP contribution in [0, 0.1) is 6.92 Å². The van der Waals surface area contributed by atoms with E-state index in [2.05, 4.69) is 20.6 Å². The van der Waals surface area contributed by atoms with Crippen LogP contribution in [0.4, 0.5) is 0 Å². The van der Waals surface area contributed by atoms with Crippen LogP contribution in [0.3, 0.4) is 0 Å². The largest absolute Gasteiger partial charge is 0.361 e. The Hall–Kier alpha value is -2.71. The number of aryl methyl sites for hydroxylation is 2. The molecule has 128 valence electrons. The van der Waals surface area contributed by atoms with Crippen LogP contribution in [0.2, 0.25) is 0 Å². The van der Waals surface area contributed by atoms with Gasteiger partial charge in [0.05, 0.1) is 17.7 Å². The molecule has 1 fully saturated rings. The van der Waals surface area contributed by atoms with Crippen molar-refractivity contribution in [3.8, 4) is 0 Å². The van der Waals surface area contributed by atoms with Gasteiger partial charge in [-0.2, -0.15) is 0 Å². The Balaban J connectivity index is 1.58. The number of hydrogen-bond acceptors (Lipinski definition) is 6. The molecule has 9 nitrogen and oxygen atoms in total. The molecule has 0 radical (unpaired) electrons. The second-order valence-electron chi connectivity index (χ2n) is 6.44. The molecular formula is C15H20N6O3. The monoisotopic (exact) mass is 332 g/mol. The lowest BCUT2D eigenvalue weighted by Gasteiger charge is -2.25. The topological polar surface area (TPSA) is 106 Å². The zero-order valence-corrected chi connectivity index (χ0v) is 13.9. The number of likely N-dealkylation sites (tertiary alicyclic amines) is 1. The van der Waals surface area contributed by atoms with Gasteiger partial charge in [-0.05, 0) is 20.3 Å². The molecule has 1 aliphatic heterocycles. The second kappa shape index (κ2) is 6.06. The maximum atomic E-state index is 12.4. The summed E-state index contributed by atoms with van der Waals surface area (Å²) in [7, 11) is 1.71. The predicted octanol–water partition coefficient (Wildman–Crippen LogP) is 0.0750. The Morgan fingerprint density at radius 2 is 2.25 bits per heavy atom. The zero-order chi connectivity index (χ0) is 17.3. The van der Waals surface area contributed by atoms with Crippen LogP contribution in [0.5, 0.6) is 0 Å². The van der Waals surface area contributed by atoms with E-state index in [1.54, 1.807) is 24.9 Å². The fourth-order valence-corrected chi connectivity index (χ4v) is 2.85. The first kappa shape index (κ1) is 16.2. The van der Waals surface area contributed by atoms with E-state index in [0.29, 0.717) is 25.3 Å². The van der Waals surface area contributed by atoms with Crippen molar-refractivity contribution in [1.29, 1.82) is 0 Å². The molecule has 3 heterocycles. The average Bonchev–Trinajstić information content (AvgIpc) is 3.20. The van der Waals surface area contributed by atoms with E-state index in [9.17, 15) is 9.59 Å². The van der Waals surface area contributed by atoms with E-state index in [0.717, 1.165) is 5.69 Å². The molecule has 2 aromatic heterocycles. The number of nitrogens with zero attached hydrogens (tertiary/aromatic N) is 5. The van der Waals surface area contributed by atoms with E-state index >= 15 is 0 Å². The Morgan fingerprint density at radius 3 is 2.88 bits per heavy atom. The van der Waals surface area contributed by atoms with E-state index in [1.807, 2.05) is 6.92 Å². The summed E-state index contributed by atoms with van der Waals surface area (Å²) in [5, 5.41) is 10.8. The van der Waals surface area contributed by atoms with E-state index in [4.69, 9.17) is 4.52 Å². The smallest absolute Gasteiger partial charge is 0.293 e. The highest BCUT2D eigenvalue weighted by Crippen LogP contribution is 2.22. The molecule has 2 aromatic rings. The number of amides is 2. The predicted molar refractivity (Wildman–Crippen MR) is 83.0 cm³/mol. The molecular weight excluding hydrogens is 312 g/mol. The van der Waals surface area contributed by atoms with Crippen LogP contribution in [0.1, 0.15) is 35.4 Å². The lowest BCUT2D eigenvalue weighted by molar-refractivity contribution is -0.122. The average molecular weight is 332 g/mol. The lowest BCUT2D eigenvalue weighted by atomic mass is 10.0. The number of hydrogen-bond donors (Lipinski definition) is 1. The van der Waals surface area contributed by atoms with Gasteiger partial charge in [0.2, 0.25) is 11.7 Å². The van der Waals surface area contributed by atoms with Gasteiger partial charge in [-0.3, -0.25) is 14.3 Å². The molecule has 1 atom stereocenters. The quantitative estimate of drug-likeness (QED) is 0.849. The normalized spacial score (nSPS) is 20.4. The third-order valence-electron chi connectivity index (χ3n) is 4.00. The first-order chi connectivity index (χ1) is 11.3. The van der Waals surface area contributed by atoms with Gasteiger partial charge in [0.25, 0.3) is 5.91 Å². The highest BCUT2D eigenvalue weighted by atomic mass is 16.5. The van der Waals surface area contributed by atoms with Crippen molar-refractivity contribution in [3.05, 3.63) is 29.7 Å². The van der Waals surface area contributed by atoms with Crippen LogP contribution >= 0.6 is 0 Å². The van der Waals surface area contributed by atoms with Crippen LogP contribution < -0.4 is 5.32 Å². The highest BCUT2D eigenvalue weighted by molar-refractivity contribution is 5.90. The van der Waals surface area contributed by atoms with Crippen molar-refractivity contribution in [2.45, 2.75) is 32.2 Å². The summed E-state index contributed by atoms with van der Waals surface area (Å²) in [6.45, 7) is 4.70. The summed E-state index contributed by atoms with van der Waals surface area (Å²) in [5.74, 6) is 0.320. The second-order valence-corrected chi connectivity index (χ2v) is 6.44. The Labute approximate surface area is 139 Å². The van der Waals surface area contributed by atoms with E-state index in [1.165, 1.54) is 11.0 Å². The molecule has 9 heteroatoms. The van der Waals surface area contributed by atoms with E-state index < -0.39 is 5.54 Å². The van der Waals surface area contributed by atoms with Gasteiger partial charge in [-0.1, -0.05) is 5.16 Å². The SMILES string of the molecule is Cc1cc(CC(=O)NC2(C)CCN(C(=O)c3ncn(C)n3)C2)on1. The molecule has 1 N–H and O–H groups in total. The maximum absolute atomic E-state index is 12.4. The summed E-state index contributed by atoms with van der Waals surface area (Å²) in [4.78, 5) is 30.2. The van der Waals surface area contributed by atoms with Crippen LogP contribution in [0.25, 0.3) is 0 Å². The van der Waals surface area contributed by atoms with Gasteiger partial charge >= 0.3 is 0 Å². The molecule has 0 aliphatic carbocycles. The maximum Gasteiger partial charge on any atom is 0.293 e. The van der Waals surface area contributed by atoms with Gasteiger partial charge < -0.3 is 14.7 Å². The molecule has 0 spiro atoms. The first-order valence-corrected chi connectivity index (χ1v) is 7.73. The van der Waals surface area contributed by atoms with Crippen LogP contribution in [-0.2, 0) is 18.3 Å². The van der Waals surface area contributed by atoms with Crippen molar-refractivity contribution < 1.29 is 14.1 Å². The molecule has 3 rings (SSSR count). The zero-order valence-electron chi connectivity index (χ0n) is 13.9. The summed E-state index contributed by atoms with van der Waals surface area (Å²) in [6.07, 6.45) is 2.29. The molecule has 24 heavy (non-hydrogen) atoms. The summed E-state index contributed by atoms with van der Waals surface area (Å²) in [5.41, 5.74) is 0.265. The van der Waals surface area contributed by atoms with Crippen molar-refractivity contribution >= 4 is 11.8 Å². The van der Waals surface area contributed by atoms with E-state index in [-0.39, 0.29) is 24.1 Å². The minimum Gasteiger partial charge on any atom is -0.361 e. The number of nitrogens with one attached hydrogen (secondary N) is 1. The first-order valence-electron chi connectivity index (χ1n) is 7.73. The van der Waals surface area contributed by atoms with Gasteiger partial charge in [0.15, 0.2) is 0 Å². The summed E-state index contributed by atoms with van der Waals surface area (Å²) >= 11 is 0. The summed E-state index contributed by atoms with van der Waals surface area (Å²) in [6, 6.07) is 1.74. The third kappa shape index (κ3) is 3.44. The molecule has 2 amide bonds. The minimum atomic E-state index is -0.476. The number of rotatable bonds is 4. The van der Waals surface area contributed by atoms with Crippen molar-refractivity contribution in [1.82, 2.24) is 30.1 Å². The third-order valence-corrected chi connectivity index (χ3v) is 4.00. The molecule has 0 aromatic carbocycles. The van der Waals surface area contributed by atoms with Crippen molar-refractivity contribution in [3.63, 3.8) is 0 Å². The van der Waals surface area contributed by atoms with Crippen molar-refractivity contribution in [2.24, 2.45) is 7.05 Å². The fraction of sp³-hybridized carbons (Fsp3) is 0.533. The van der Waals surface area contributed by atoms with Gasteiger partial charge in [-0.25, -0.2) is 4.98 Å². The standard InChI is InChI=1S/C15H20N6O3/c1-10-6-11(24-19-10)7-12(22)17-15(2)4-5-21(8-15)14(23)13-16-9-20(3)18-13/h6,9H,4-5,7-8H2,1-3H3,(H,17,22). The number of aromatic nitrogens is 4. The Kier molecular flexibility index (Phi) is 4.08. The minimum absolute atomic E-state index is 0.131. The lowest BCUT2D eigenvalue weighted by Crippen LogP contribution is -2.49. The van der Waals surface area contributed by atoms with Crippen LogP contribution in [0.15, 0.2) is 16.9 Å². The number of carbonyl (C=O) groups excluding carboxylic acids is 2.